The number of unbranched alkanes of at least 4 members (excludes halogenated alkanes) is 2. The molecule has 1 aliphatic heterocycles. The highest BCUT2D eigenvalue weighted by Gasteiger charge is 2.44. The lowest BCUT2D eigenvalue weighted by Gasteiger charge is -2.16. The van der Waals surface area contributed by atoms with E-state index in [-0.39, 0.29) is 18.3 Å². The highest BCUT2D eigenvalue weighted by molar-refractivity contribution is 5.81. The van der Waals surface area contributed by atoms with Crippen molar-refractivity contribution in [1.82, 2.24) is 24.8 Å². The summed E-state index contributed by atoms with van der Waals surface area (Å²) in [6, 6.07) is 0. The Labute approximate surface area is 150 Å². The first kappa shape index (κ1) is 18.5. The van der Waals surface area contributed by atoms with E-state index in [1.54, 1.807) is 0 Å². The second-order valence-corrected chi connectivity index (χ2v) is 6.39. The van der Waals surface area contributed by atoms with Crippen LogP contribution >= 0.6 is 0 Å². The number of hydrogen-bond acceptors (Lipinski definition) is 8. The van der Waals surface area contributed by atoms with Crippen molar-refractivity contribution >= 4 is 22.9 Å². The summed E-state index contributed by atoms with van der Waals surface area (Å²) in [4.78, 5) is 23.9. The van der Waals surface area contributed by atoms with E-state index in [0.717, 1.165) is 19.3 Å². The summed E-state index contributed by atoms with van der Waals surface area (Å²) in [7, 11) is 0. The number of aromatic nitrogens is 4. The third-order valence-corrected chi connectivity index (χ3v) is 4.51. The smallest absolute Gasteiger partial charge is 0.220 e. The van der Waals surface area contributed by atoms with Crippen molar-refractivity contribution in [2.45, 2.75) is 57.1 Å². The second-order valence-electron chi connectivity index (χ2n) is 6.39. The van der Waals surface area contributed by atoms with Gasteiger partial charge in [-0.2, -0.15) is 0 Å². The van der Waals surface area contributed by atoms with Gasteiger partial charge in [0.15, 0.2) is 17.7 Å². The summed E-state index contributed by atoms with van der Waals surface area (Å²) in [6.45, 7) is 2.18. The average molecular weight is 364 g/mol. The molecule has 0 spiro atoms. The van der Waals surface area contributed by atoms with E-state index >= 15 is 0 Å². The third-order valence-electron chi connectivity index (χ3n) is 4.51. The molecule has 2 aromatic rings. The Balaban J connectivity index is 1.66. The fourth-order valence-corrected chi connectivity index (χ4v) is 3.02. The summed E-state index contributed by atoms with van der Waals surface area (Å²) in [5.74, 6) is 0.124. The van der Waals surface area contributed by atoms with Gasteiger partial charge in [-0.25, -0.2) is 15.0 Å². The lowest BCUT2D eigenvalue weighted by atomic mass is 10.1. The molecule has 1 aliphatic rings. The quantitative estimate of drug-likeness (QED) is 0.490. The minimum atomic E-state index is -1.19. The predicted molar refractivity (Wildman–Crippen MR) is 92.8 cm³/mol. The van der Waals surface area contributed by atoms with Crippen LogP contribution < -0.4 is 11.1 Å². The molecule has 10 heteroatoms. The molecule has 3 rings (SSSR count). The zero-order valence-corrected chi connectivity index (χ0v) is 14.6. The number of amides is 1. The molecule has 0 aromatic carbocycles. The van der Waals surface area contributed by atoms with Gasteiger partial charge in [0, 0.05) is 13.0 Å². The van der Waals surface area contributed by atoms with Gasteiger partial charge in [0.25, 0.3) is 0 Å². The van der Waals surface area contributed by atoms with Crippen LogP contribution in [0.5, 0.6) is 0 Å². The molecule has 0 bridgehead atoms. The highest BCUT2D eigenvalue weighted by Crippen LogP contribution is 2.31. The maximum Gasteiger partial charge on any atom is 0.220 e. The number of carbonyl (C=O) groups is 1. The number of fused-ring (bicyclic) bond motifs is 1. The predicted octanol–water partition coefficient (Wildman–Crippen LogP) is -0.276. The van der Waals surface area contributed by atoms with Crippen LogP contribution in [0.3, 0.4) is 0 Å². The molecule has 0 saturated carbocycles. The Kier molecular flexibility index (Phi) is 5.64. The first-order valence-electron chi connectivity index (χ1n) is 8.74. The zero-order valence-electron chi connectivity index (χ0n) is 14.6. The van der Waals surface area contributed by atoms with Crippen molar-refractivity contribution < 1.29 is 19.7 Å². The first-order valence-corrected chi connectivity index (χ1v) is 8.74. The number of nitrogens with zero attached hydrogens (tertiary/aromatic N) is 4. The van der Waals surface area contributed by atoms with Gasteiger partial charge in [0.2, 0.25) is 5.91 Å². The Morgan fingerprint density at radius 1 is 1.31 bits per heavy atom. The van der Waals surface area contributed by atoms with Crippen molar-refractivity contribution in [3.8, 4) is 0 Å². The SMILES string of the molecule is CCCCCC(=O)NC[C@H]1O[C@@H](n2cnc3c(N)ncnc32)[C@H](O)[C@@H]1O. The van der Waals surface area contributed by atoms with Crippen molar-refractivity contribution in [3.63, 3.8) is 0 Å². The Morgan fingerprint density at radius 2 is 2.12 bits per heavy atom. The van der Waals surface area contributed by atoms with E-state index in [4.69, 9.17) is 10.5 Å². The molecule has 1 fully saturated rings. The molecule has 2 aromatic heterocycles. The van der Waals surface area contributed by atoms with Gasteiger partial charge in [-0.15, -0.1) is 0 Å². The van der Waals surface area contributed by atoms with Crippen LogP contribution in [0.1, 0.15) is 38.8 Å². The van der Waals surface area contributed by atoms with Crippen molar-refractivity contribution in [2.24, 2.45) is 0 Å². The van der Waals surface area contributed by atoms with Crippen LogP contribution in [0.4, 0.5) is 5.82 Å². The van der Waals surface area contributed by atoms with E-state index in [0.29, 0.717) is 17.6 Å². The van der Waals surface area contributed by atoms with Crippen LogP contribution in [-0.4, -0.2) is 60.5 Å². The van der Waals surface area contributed by atoms with Crippen molar-refractivity contribution in [3.05, 3.63) is 12.7 Å². The maximum atomic E-state index is 11.8. The van der Waals surface area contributed by atoms with Crippen molar-refractivity contribution in [1.29, 1.82) is 0 Å². The molecule has 26 heavy (non-hydrogen) atoms. The first-order chi connectivity index (χ1) is 12.5. The van der Waals surface area contributed by atoms with Gasteiger partial charge >= 0.3 is 0 Å². The van der Waals surface area contributed by atoms with E-state index in [9.17, 15) is 15.0 Å². The highest BCUT2D eigenvalue weighted by atomic mass is 16.6. The fourth-order valence-electron chi connectivity index (χ4n) is 3.02. The van der Waals surface area contributed by atoms with Crippen molar-refractivity contribution in [2.75, 3.05) is 12.3 Å². The van der Waals surface area contributed by atoms with Crippen LogP contribution in [0.2, 0.25) is 0 Å². The number of nitrogens with two attached hydrogens (primary N) is 1. The summed E-state index contributed by atoms with van der Waals surface area (Å²) in [6.07, 6.45) is 2.07. The number of nitrogens with one attached hydrogen (secondary N) is 1. The number of nitrogen functional groups attached to an aromatic ring is 1. The molecule has 0 aliphatic carbocycles. The van der Waals surface area contributed by atoms with Crippen LogP contribution in [0.15, 0.2) is 12.7 Å². The molecule has 142 valence electrons. The number of rotatable bonds is 7. The Bertz CT molecular complexity index is 766. The van der Waals surface area contributed by atoms with E-state index < -0.39 is 24.5 Å². The van der Waals surface area contributed by atoms with Crippen LogP contribution in [0.25, 0.3) is 11.2 Å². The molecule has 10 nitrogen and oxygen atoms in total. The molecule has 0 unspecified atom stereocenters. The van der Waals surface area contributed by atoms with E-state index in [2.05, 4.69) is 27.2 Å². The van der Waals surface area contributed by atoms with E-state index in [1.165, 1.54) is 17.2 Å². The van der Waals surface area contributed by atoms with Gasteiger partial charge in [0.1, 0.15) is 30.2 Å². The number of ether oxygens (including phenoxy) is 1. The number of aliphatic hydroxyl groups excluding tert-OH is 2. The normalized spacial score (nSPS) is 25.7. The fraction of sp³-hybridized carbons (Fsp3) is 0.625. The molecule has 1 saturated heterocycles. The molecular formula is C16H24N6O4. The van der Waals surface area contributed by atoms with Gasteiger partial charge in [-0.1, -0.05) is 19.8 Å². The minimum Gasteiger partial charge on any atom is -0.387 e. The van der Waals surface area contributed by atoms with Gasteiger partial charge in [-0.05, 0) is 6.42 Å². The number of aliphatic hydroxyl groups is 2. The minimum absolute atomic E-state index is 0.0965. The average Bonchev–Trinajstić information content (AvgIpc) is 3.17. The standard InChI is InChI=1S/C16H24N6O4/c1-2-3-4-5-10(23)18-6-9-12(24)13(25)16(26-9)22-8-21-11-14(17)19-7-20-15(11)22/h7-9,12-13,16,24-25H,2-6H2,1H3,(H,18,23)(H2,17,19,20)/t9-,12-,13-,16-/m1/s1. The topological polar surface area (TPSA) is 148 Å². The molecule has 3 heterocycles. The van der Waals surface area contributed by atoms with Crippen LogP contribution in [0, 0.1) is 0 Å². The van der Waals surface area contributed by atoms with Crippen LogP contribution in [-0.2, 0) is 9.53 Å². The number of imidazole rings is 1. The monoisotopic (exact) mass is 364 g/mol. The summed E-state index contributed by atoms with van der Waals surface area (Å²) >= 11 is 0. The lowest BCUT2D eigenvalue weighted by Crippen LogP contribution is -2.39. The molecule has 5 N–H and O–H groups in total. The second kappa shape index (κ2) is 7.94. The number of anilines is 1. The van der Waals surface area contributed by atoms with Gasteiger partial charge in [0.05, 0.1) is 6.33 Å². The maximum absolute atomic E-state index is 11.8. The van der Waals surface area contributed by atoms with Gasteiger partial charge in [-0.3, -0.25) is 9.36 Å². The zero-order chi connectivity index (χ0) is 18.7. The summed E-state index contributed by atoms with van der Waals surface area (Å²) < 4.78 is 7.27. The lowest BCUT2D eigenvalue weighted by molar-refractivity contribution is -0.122. The van der Waals surface area contributed by atoms with E-state index in [1.807, 2.05) is 0 Å². The number of hydrogen-bond donors (Lipinski definition) is 4. The Hall–Kier alpha value is -2.30. The third kappa shape index (κ3) is 3.62. The molecular weight excluding hydrogens is 340 g/mol. The van der Waals surface area contributed by atoms with Gasteiger partial charge < -0.3 is 26.0 Å². The molecule has 4 atom stereocenters. The molecule has 1 amide bonds. The Morgan fingerprint density at radius 3 is 2.88 bits per heavy atom. The largest absolute Gasteiger partial charge is 0.387 e. The molecule has 0 radical (unpaired) electrons. The summed E-state index contributed by atoms with van der Waals surface area (Å²) in [5, 5.41) is 23.4. The number of carbonyl (C=O) groups excluding carboxylic acids is 1. The summed E-state index contributed by atoms with van der Waals surface area (Å²) in [5.41, 5.74) is 6.56.